The molecule has 21 heavy (non-hydrogen) atoms. The first-order valence-corrected chi connectivity index (χ1v) is 8.64. The number of carbonyl (C=O) groups is 2. The standard InChI is InChI=1S/C11H9BrCl2N2O4S/c1-16-9(17)4-8(11(16)18)15-21(19,20)10-6(13)2-5(12)3-7(10)14/h2-3,8,15H,4H2,1H3. The highest BCUT2D eigenvalue weighted by Gasteiger charge is 2.39. The minimum atomic E-state index is -4.14. The van der Waals surface area contributed by atoms with Gasteiger partial charge in [0, 0.05) is 11.5 Å². The van der Waals surface area contributed by atoms with Gasteiger partial charge in [0.2, 0.25) is 21.8 Å². The molecule has 1 unspecified atom stereocenters. The van der Waals surface area contributed by atoms with E-state index in [0.717, 1.165) is 4.90 Å². The predicted molar refractivity (Wildman–Crippen MR) is 80.7 cm³/mol. The third kappa shape index (κ3) is 3.24. The van der Waals surface area contributed by atoms with Gasteiger partial charge in [-0.05, 0) is 12.1 Å². The number of halogens is 3. The van der Waals surface area contributed by atoms with Crippen LogP contribution in [0.3, 0.4) is 0 Å². The number of imide groups is 1. The molecular weight excluding hydrogens is 407 g/mol. The van der Waals surface area contributed by atoms with E-state index >= 15 is 0 Å². The average Bonchev–Trinajstić information content (AvgIpc) is 2.54. The first kappa shape index (κ1) is 16.7. The summed E-state index contributed by atoms with van der Waals surface area (Å²) in [6.07, 6.45) is -0.236. The van der Waals surface area contributed by atoms with Crippen molar-refractivity contribution in [1.29, 1.82) is 0 Å². The average molecular weight is 416 g/mol. The Balaban J connectivity index is 2.37. The maximum Gasteiger partial charge on any atom is 0.247 e. The van der Waals surface area contributed by atoms with E-state index in [4.69, 9.17) is 23.2 Å². The molecule has 1 heterocycles. The number of likely N-dealkylation sites (tertiary alicyclic amines) is 1. The van der Waals surface area contributed by atoms with Gasteiger partial charge in [-0.2, -0.15) is 4.72 Å². The number of sulfonamides is 1. The Kier molecular flexibility index (Phi) is 4.65. The Bertz CT molecular complexity index is 715. The summed E-state index contributed by atoms with van der Waals surface area (Å²) in [6, 6.07) is 1.59. The lowest BCUT2D eigenvalue weighted by atomic mass is 10.3. The molecule has 114 valence electrons. The molecule has 1 aliphatic rings. The highest BCUT2D eigenvalue weighted by atomic mass is 79.9. The topological polar surface area (TPSA) is 83.6 Å². The van der Waals surface area contributed by atoms with Crippen LogP contribution in [-0.2, 0) is 19.6 Å². The molecule has 1 aromatic rings. The largest absolute Gasteiger partial charge is 0.284 e. The van der Waals surface area contributed by atoms with E-state index in [2.05, 4.69) is 20.7 Å². The van der Waals surface area contributed by atoms with E-state index in [0.29, 0.717) is 4.47 Å². The maximum absolute atomic E-state index is 12.3. The lowest BCUT2D eigenvalue weighted by Gasteiger charge is -2.14. The number of nitrogens with one attached hydrogen (secondary N) is 1. The van der Waals surface area contributed by atoms with Gasteiger partial charge in [0.15, 0.2) is 0 Å². The van der Waals surface area contributed by atoms with Gasteiger partial charge < -0.3 is 0 Å². The van der Waals surface area contributed by atoms with Crippen molar-refractivity contribution in [1.82, 2.24) is 9.62 Å². The summed E-state index contributed by atoms with van der Waals surface area (Å²) in [6.45, 7) is 0. The van der Waals surface area contributed by atoms with Gasteiger partial charge >= 0.3 is 0 Å². The molecule has 1 aromatic carbocycles. The lowest BCUT2D eigenvalue weighted by Crippen LogP contribution is -2.40. The van der Waals surface area contributed by atoms with E-state index in [1.165, 1.54) is 19.2 Å². The minimum Gasteiger partial charge on any atom is -0.284 e. The Hall–Kier alpha value is -0.670. The van der Waals surface area contributed by atoms with Crippen molar-refractivity contribution in [3.8, 4) is 0 Å². The minimum absolute atomic E-state index is 0.0907. The molecule has 0 aromatic heterocycles. The zero-order valence-corrected chi connectivity index (χ0v) is 14.5. The Morgan fingerprint density at radius 2 is 1.81 bits per heavy atom. The molecule has 0 aliphatic carbocycles. The van der Waals surface area contributed by atoms with Crippen LogP contribution in [0.15, 0.2) is 21.5 Å². The summed E-state index contributed by atoms with van der Waals surface area (Å²) >= 11 is 14.9. The van der Waals surface area contributed by atoms with Crippen LogP contribution in [0.1, 0.15) is 6.42 Å². The van der Waals surface area contributed by atoms with Gasteiger partial charge in [-0.25, -0.2) is 8.42 Å². The van der Waals surface area contributed by atoms with Crippen LogP contribution in [0.25, 0.3) is 0 Å². The number of hydrogen-bond acceptors (Lipinski definition) is 4. The number of hydrogen-bond donors (Lipinski definition) is 1. The fourth-order valence-corrected chi connectivity index (χ4v) is 5.01. The molecule has 1 N–H and O–H groups in total. The second-order valence-corrected chi connectivity index (χ2v) is 7.75. The first-order chi connectivity index (χ1) is 9.63. The van der Waals surface area contributed by atoms with Gasteiger partial charge in [-0.15, -0.1) is 0 Å². The van der Waals surface area contributed by atoms with Crippen molar-refractivity contribution in [3.05, 3.63) is 26.7 Å². The highest BCUT2D eigenvalue weighted by Crippen LogP contribution is 2.33. The molecule has 0 saturated carbocycles. The summed E-state index contributed by atoms with van der Waals surface area (Å²) < 4.78 is 27.3. The predicted octanol–water partition coefficient (Wildman–Crippen LogP) is 1.79. The Morgan fingerprint density at radius 1 is 1.29 bits per heavy atom. The zero-order valence-electron chi connectivity index (χ0n) is 10.6. The number of likely N-dealkylation sites (N-methyl/N-ethyl adjacent to an activating group) is 1. The van der Waals surface area contributed by atoms with Crippen LogP contribution in [0.2, 0.25) is 10.0 Å². The van der Waals surface area contributed by atoms with Crippen LogP contribution in [0, 0.1) is 0 Å². The maximum atomic E-state index is 12.3. The molecule has 2 amide bonds. The molecule has 2 rings (SSSR count). The van der Waals surface area contributed by atoms with Crippen LogP contribution in [0.5, 0.6) is 0 Å². The smallest absolute Gasteiger partial charge is 0.247 e. The third-order valence-corrected chi connectivity index (χ3v) is 5.76. The van der Waals surface area contributed by atoms with Crippen molar-refractivity contribution in [2.75, 3.05) is 7.05 Å². The van der Waals surface area contributed by atoms with Gasteiger partial charge in [0.1, 0.15) is 10.9 Å². The Morgan fingerprint density at radius 3 is 2.24 bits per heavy atom. The van der Waals surface area contributed by atoms with Crippen LogP contribution in [-0.4, -0.2) is 38.2 Å². The number of rotatable bonds is 3. The quantitative estimate of drug-likeness (QED) is 0.762. The van der Waals surface area contributed by atoms with Crippen molar-refractivity contribution >= 4 is 61.0 Å². The van der Waals surface area contributed by atoms with Crippen LogP contribution >= 0.6 is 39.1 Å². The van der Waals surface area contributed by atoms with Crippen LogP contribution < -0.4 is 4.72 Å². The number of amides is 2. The molecule has 6 nitrogen and oxygen atoms in total. The second-order valence-electron chi connectivity index (χ2n) is 4.37. The third-order valence-electron chi connectivity index (χ3n) is 2.91. The van der Waals surface area contributed by atoms with Crippen LogP contribution in [0.4, 0.5) is 0 Å². The van der Waals surface area contributed by atoms with E-state index in [-0.39, 0.29) is 21.4 Å². The fraction of sp³-hybridized carbons (Fsp3) is 0.273. The SMILES string of the molecule is CN1C(=O)CC(NS(=O)(=O)c2c(Cl)cc(Br)cc2Cl)C1=O. The molecule has 10 heteroatoms. The van der Waals surface area contributed by atoms with E-state index in [1.54, 1.807) is 0 Å². The Labute approximate surface area is 139 Å². The normalized spacial score (nSPS) is 19.4. The molecule has 1 fully saturated rings. The van der Waals surface area contributed by atoms with E-state index < -0.39 is 27.9 Å². The van der Waals surface area contributed by atoms with Gasteiger partial charge in [0.05, 0.1) is 16.5 Å². The molecule has 0 bridgehead atoms. The van der Waals surface area contributed by atoms with Crippen molar-refractivity contribution < 1.29 is 18.0 Å². The van der Waals surface area contributed by atoms with E-state index in [9.17, 15) is 18.0 Å². The van der Waals surface area contributed by atoms with Gasteiger partial charge in [-0.3, -0.25) is 14.5 Å². The molecule has 0 radical (unpaired) electrons. The number of nitrogens with zero attached hydrogens (tertiary/aromatic N) is 1. The molecular formula is C11H9BrCl2N2O4S. The second kappa shape index (κ2) is 5.85. The van der Waals surface area contributed by atoms with Crippen molar-refractivity contribution in [3.63, 3.8) is 0 Å². The molecule has 0 spiro atoms. The lowest BCUT2D eigenvalue weighted by molar-refractivity contribution is -0.137. The summed E-state index contributed by atoms with van der Waals surface area (Å²) in [5.74, 6) is -1.08. The van der Waals surface area contributed by atoms with Gasteiger partial charge in [-0.1, -0.05) is 39.1 Å². The fourth-order valence-electron chi connectivity index (χ4n) is 1.88. The monoisotopic (exact) mass is 414 g/mol. The highest BCUT2D eigenvalue weighted by molar-refractivity contribution is 9.10. The van der Waals surface area contributed by atoms with Crippen molar-refractivity contribution in [2.45, 2.75) is 17.4 Å². The van der Waals surface area contributed by atoms with Gasteiger partial charge in [0.25, 0.3) is 0 Å². The number of benzene rings is 1. The zero-order chi connectivity index (χ0) is 15.9. The molecule has 1 atom stereocenters. The van der Waals surface area contributed by atoms with Crippen molar-refractivity contribution in [2.24, 2.45) is 0 Å². The summed E-state index contributed by atoms with van der Waals surface area (Å²) in [5, 5.41) is -0.181. The number of carbonyl (C=O) groups excluding carboxylic acids is 2. The first-order valence-electron chi connectivity index (χ1n) is 5.61. The summed E-state index contributed by atoms with van der Waals surface area (Å²) in [7, 11) is -2.85. The molecule has 1 aliphatic heterocycles. The van der Waals surface area contributed by atoms with E-state index in [1.807, 2.05) is 0 Å². The molecule has 1 saturated heterocycles. The summed E-state index contributed by atoms with van der Waals surface area (Å²) in [5.41, 5.74) is 0. The summed E-state index contributed by atoms with van der Waals surface area (Å²) in [4.78, 5) is 23.7.